The fourth-order valence-electron chi connectivity index (χ4n) is 15.5. The molecule has 0 fully saturated rings. The van der Waals surface area contributed by atoms with E-state index in [9.17, 15) is 97.5 Å². The molecule has 2 heterocycles. The zero-order chi connectivity index (χ0) is 108. The van der Waals surface area contributed by atoms with Crippen molar-refractivity contribution in [1.82, 2.24) is 94.7 Å². The first kappa shape index (κ1) is 118. The Labute approximate surface area is 846 Å². The molecule has 7 aromatic rings. The number of aromatic hydroxyl groups is 1. The van der Waals surface area contributed by atoms with Crippen molar-refractivity contribution >= 4 is 129 Å². The number of fused-ring (bicyclic) bond motifs is 1. The SMILES string of the molecule is CC(C)[C@H](NC(=O)[C@H](Cc1ccccc1)NC(=O)[C@H](Cc1c[nH]c2ccccc12)NC(=O)[C@H](CC(=O)O)NC(=O)[C@H](Cc1ccc(O)cc1)NC(=O)[C@H](Cc1ccccc1)NC(=O)[C@H](CC(N)=O)NC(=O)[C@H](CCC(=O)O)NC(=O)[C@H](Cc1cnc[nH]1)NC(=O)[C@@H](N)Cc1ccccc1)C(=O)N[C@@H](C)C(=O)N[C@@H](CCC(N)=O)C(=O)N[C@H](C(=O)N[C@@H](CO)C(=O)N[C@@H](CCCCN)C(=O)N[C@@H](CCCCN)C(=O)O)C(C)C. The summed E-state index contributed by atoms with van der Waals surface area (Å²) in [5, 5.41) is 88.8. The summed E-state index contributed by atoms with van der Waals surface area (Å²) >= 11 is 0. The van der Waals surface area contributed by atoms with Crippen LogP contribution in [0, 0.1) is 11.8 Å². The van der Waals surface area contributed by atoms with Gasteiger partial charge in [0, 0.05) is 73.9 Å². The number of carboxylic acids is 3. The first-order valence-electron chi connectivity index (χ1n) is 47.9. The molecule has 2 aromatic heterocycles. The molecule has 17 amide bonds. The van der Waals surface area contributed by atoms with Gasteiger partial charge in [-0.2, -0.15) is 0 Å². The topological polar surface area (TPSA) is 798 Å². The molecule has 16 atom stereocenters. The number of benzene rings is 5. The van der Waals surface area contributed by atoms with E-state index in [1.807, 2.05) is 0 Å². The van der Waals surface area contributed by atoms with E-state index >= 15 is 24.0 Å². The highest BCUT2D eigenvalue weighted by atomic mass is 16.4. The Bertz CT molecular complexity index is 5640. The number of rotatable bonds is 64. The number of hydrogen-bond acceptors (Lipinski definition) is 26. The van der Waals surface area contributed by atoms with Crippen LogP contribution in [0.2, 0.25) is 0 Å². The number of aliphatic hydroxyl groups excluding tert-OH is 1. The number of aliphatic hydroxyl groups is 1. The number of amides is 17. The normalized spacial score (nSPS) is 14.4. The lowest BCUT2D eigenvalue weighted by molar-refractivity contribution is -0.143. The Balaban J connectivity index is 1.12. The van der Waals surface area contributed by atoms with Crippen molar-refractivity contribution in [3.8, 4) is 5.75 Å². The van der Waals surface area contributed by atoms with E-state index in [1.54, 1.807) is 115 Å². The number of hydrogen-bond donors (Lipinski definition) is 27. The van der Waals surface area contributed by atoms with Crippen LogP contribution in [0.4, 0.5) is 0 Å². The quantitative estimate of drug-likeness (QED) is 0.0162. The number of aliphatic carboxylic acids is 3. The third-order valence-electron chi connectivity index (χ3n) is 23.7. The lowest BCUT2D eigenvalue weighted by atomic mass is 9.99. The molecule has 0 aliphatic carbocycles. The van der Waals surface area contributed by atoms with Crippen LogP contribution in [0.5, 0.6) is 5.75 Å². The smallest absolute Gasteiger partial charge is 0.326 e. The number of carbonyl (C=O) groups is 20. The van der Waals surface area contributed by atoms with Crippen molar-refractivity contribution in [1.29, 1.82) is 0 Å². The number of nitrogens with one attached hydrogen (secondary N) is 17. The first-order valence-corrected chi connectivity index (χ1v) is 47.9. The van der Waals surface area contributed by atoms with E-state index in [2.05, 4.69) is 94.7 Å². The molecule has 147 heavy (non-hydrogen) atoms. The number of nitrogens with zero attached hydrogens (tertiary/aromatic N) is 1. The van der Waals surface area contributed by atoms with E-state index in [0.717, 1.165) is 0 Å². The summed E-state index contributed by atoms with van der Waals surface area (Å²) in [4.78, 5) is 290. The molecular weight excluding hydrogens is 1910 g/mol. The molecule has 0 saturated heterocycles. The second-order valence-corrected chi connectivity index (χ2v) is 36.1. The Kier molecular flexibility index (Phi) is 48.0. The van der Waals surface area contributed by atoms with Crippen LogP contribution in [0.3, 0.4) is 0 Å². The van der Waals surface area contributed by atoms with Crippen molar-refractivity contribution in [2.24, 2.45) is 40.5 Å². The van der Waals surface area contributed by atoms with Crippen LogP contribution in [0.15, 0.2) is 158 Å². The fourth-order valence-corrected chi connectivity index (χ4v) is 15.5. The number of phenols is 1. The van der Waals surface area contributed by atoms with Crippen LogP contribution in [-0.2, 0) is 134 Å². The maximum absolute atomic E-state index is 15.4. The molecule has 0 spiro atoms. The number of aromatic amines is 2. The van der Waals surface area contributed by atoms with Gasteiger partial charge >= 0.3 is 17.9 Å². The molecule has 32 N–H and O–H groups in total. The van der Waals surface area contributed by atoms with E-state index < -0.39 is 291 Å². The molecule has 0 aliphatic heterocycles. The number of unbranched alkanes of at least 4 members (excludes halogenated alkanes) is 2. The van der Waals surface area contributed by atoms with Crippen LogP contribution in [-0.4, -0.2) is 275 Å². The van der Waals surface area contributed by atoms with Crippen LogP contribution < -0.4 is 108 Å². The van der Waals surface area contributed by atoms with Gasteiger partial charge in [0.15, 0.2) is 0 Å². The minimum atomic E-state index is -2.16. The van der Waals surface area contributed by atoms with Crippen molar-refractivity contribution in [3.63, 3.8) is 0 Å². The van der Waals surface area contributed by atoms with Gasteiger partial charge in [-0.3, -0.25) is 91.1 Å². The van der Waals surface area contributed by atoms with Crippen molar-refractivity contribution in [2.45, 2.75) is 247 Å². The predicted molar refractivity (Wildman–Crippen MR) is 531 cm³/mol. The number of carbonyl (C=O) groups excluding carboxylic acids is 17. The number of phenolic OH excluding ortho intramolecular Hbond substituents is 1. The number of nitrogens with two attached hydrogens (primary N) is 5. The third kappa shape index (κ3) is 39.9. The number of aromatic nitrogens is 3. The van der Waals surface area contributed by atoms with Gasteiger partial charge < -0.3 is 144 Å². The number of H-pyrrole nitrogens is 2. The molecule has 0 saturated carbocycles. The highest BCUT2D eigenvalue weighted by Gasteiger charge is 2.41. The van der Waals surface area contributed by atoms with Gasteiger partial charge in [-0.05, 0) is 136 Å². The molecule has 794 valence electrons. The third-order valence-corrected chi connectivity index (χ3v) is 23.7. The van der Waals surface area contributed by atoms with E-state index in [4.69, 9.17) is 28.7 Å². The average molecular weight is 2050 g/mol. The molecular formula is C99H133N23O25. The highest BCUT2D eigenvalue weighted by Crippen LogP contribution is 2.22. The molecule has 0 bridgehead atoms. The molecule has 0 unspecified atom stereocenters. The molecule has 0 radical (unpaired) electrons. The van der Waals surface area contributed by atoms with Crippen molar-refractivity contribution in [3.05, 3.63) is 192 Å². The summed E-state index contributed by atoms with van der Waals surface area (Å²) in [6.45, 7) is 6.66. The summed E-state index contributed by atoms with van der Waals surface area (Å²) in [6, 6.07) is 9.72. The molecule has 48 heteroatoms. The van der Waals surface area contributed by atoms with Crippen LogP contribution >= 0.6 is 0 Å². The largest absolute Gasteiger partial charge is 0.508 e. The highest BCUT2D eigenvalue weighted by molar-refractivity contribution is 6.03. The van der Waals surface area contributed by atoms with E-state index in [1.165, 1.54) is 77.6 Å². The maximum atomic E-state index is 15.4. The Morgan fingerprint density at radius 3 is 1.16 bits per heavy atom. The number of carboxylic acid groups (broad SMARTS) is 3. The summed E-state index contributed by atoms with van der Waals surface area (Å²) in [5.74, 6) is -25.0. The molecule has 0 aliphatic rings. The van der Waals surface area contributed by atoms with E-state index in [-0.39, 0.29) is 62.9 Å². The van der Waals surface area contributed by atoms with Gasteiger partial charge in [0.1, 0.15) is 96.4 Å². The number of primary amides is 2. The Morgan fingerprint density at radius 1 is 0.340 bits per heavy atom. The zero-order valence-electron chi connectivity index (χ0n) is 82.0. The zero-order valence-corrected chi connectivity index (χ0v) is 82.0. The predicted octanol–water partition coefficient (Wildman–Crippen LogP) is -3.90. The lowest BCUT2D eigenvalue weighted by Gasteiger charge is -2.29. The second kappa shape index (κ2) is 59.8. The van der Waals surface area contributed by atoms with Gasteiger partial charge in [0.05, 0.1) is 31.8 Å². The van der Waals surface area contributed by atoms with Crippen molar-refractivity contribution < 1.29 is 121 Å². The van der Waals surface area contributed by atoms with Gasteiger partial charge in [-0.1, -0.05) is 149 Å². The van der Waals surface area contributed by atoms with Gasteiger partial charge in [0.25, 0.3) is 0 Å². The summed E-state index contributed by atoms with van der Waals surface area (Å²) in [7, 11) is 0. The van der Waals surface area contributed by atoms with Crippen LogP contribution in [0.1, 0.15) is 145 Å². The monoisotopic (exact) mass is 2040 g/mol. The van der Waals surface area contributed by atoms with Crippen molar-refractivity contribution in [2.75, 3.05) is 19.7 Å². The molecule has 5 aromatic carbocycles. The number of para-hydroxylation sites is 1. The Morgan fingerprint density at radius 2 is 0.707 bits per heavy atom. The molecule has 48 nitrogen and oxygen atoms in total. The number of imidazole rings is 1. The summed E-state index contributed by atoms with van der Waals surface area (Å²) < 4.78 is 0. The Hall–Kier alpha value is -16.1. The van der Waals surface area contributed by atoms with Gasteiger partial charge in [-0.25, -0.2) is 9.78 Å². The van der Waals surface area contributed by atoms with Gasteiger partial charge in [0.2, 0.25) is 100 Å². The van der Waals surface area contributed by atoms with Gasteiger partial charge in [-0.15, -0.1) is 0 Å². The standard InChI is InChI=1S/C99H133N23O25/c1-53(2)82(97(144)108-55(5)84(131)109-67(35-37-78(103)125)88(135)121-83(54(3)4)98(145)120-77(51-123)96(143)110-66(29-17-19-39-100)86(133)112-69(99(146)147)30-18-20-40-101)122-95(142)72(43-58-25-13-8-14-26-58)116-91(138)73(45-60-49-106-65-28-16-15-27-63(60)65)117-94(141)76(48-81(129)130)119-90(137)71(44-59-31-33-62(124)34-32-59)114-89(136)70(42-57-23-11-7-12-24-57)115-93(140)75(47-79(104)126)118-87(134)68(36-38-80(127)128)111-92(139)74(46-61-50-105-52-107-61)113-85(132)64(102)41-56-21-9-6-10-22-56/h6-16,21-28,31-34,49-50,52-55,64,66-77,82-83,106,123-124H,17-20,29-30,35-48,51,100-102H2,1-5H3,(H2,103,125)(H2,104,126)(H,105,107)(H,108,144)(H,109,131)(H,110,143)(H,111,139)(H,112,133)(H,113,132)(H,114,136)(H,115,140)(H,116,138)(H,117,141)(H,118,134)(H,119,137)(H,120,145)(H,121,135)(H,122,142)(H,127,128)(H,129,130)(H,146,147)/t55-,64-,66-,67-,68-,69-,70-,71-,72-,73-,74-,75-,76-,77-,82-,83-/m0/s1. The summed E-state index contributed by atoms with van der Waals surface area (Å²) in [6.07, 6.45) is -0.987. The maximum Gasteiger partial charge on any atom is 0.326 e. The lowest BCUT2D eigenvalue weighted by Crippen LogP contribution is -2.62. The van der Waals surface area contributed by atoms with E-state index in [0.29, 0.717) is 58.1 Å². The minimum absolute atomic E-state index is 0.0160. The molecule has 7 rings (SSSR count). The average Bonchev–Trinajstić information content (AvgIpc) is 1.73. The van der Waals surface area contributed by atoms with Crippen LogP contribution in [0.25, 0.3) is 10.9 Å². The minimum Gasteiger partial charge on any atom is -0.508 e. The summed E-state index contributed by atoms with van der Waals surface area (Å²) in [5.41, 5.74) is 31.6. The first-order chi connectivity index (χ1) is 69.9. The fraction of sp³-hybridized carbons (Fsp3) is 0.444. The second-order valence-electron chi connectivity index (χ2n) is 36.1.